The monoisotopic (exact) mass is 315 g/mol. The van der Waals surface area contributed by atoms with Gasteiger partial charge in [0.25, 0.3) is 0 Å². The first-order valence-electron chi connectivity index (χ1n) is 8.33. The van der Waals surface area contributed by atoms with Gasteiger partial charge >= 0.3 is 0 Å². The third-order valence-corrected chi connectivity index (χ3v) is 4.11. The Hall–Kier alpha value is -1.87. The van der Waals surface area contributed by atoms with Gasteiger partial charge in [0.05, 0.1) is 0 Å². The van der Waals surface area contributed by atoms with E-state index in [1.165, 1.54) is 23.3 Å². The van der Waals surface area contributed by atoms with Crippen LogP contribution in [0.4, 0.5) is 4.39 Å². The smallest absolute Gasteiger partial charge is 0.165 e. The van der Waals surface area contributed by atoms with E-state index in [-0.39, 0.29) is 5.75 Å². The minimum absolute atomic E-state index is 0.279. The third kappa shape index (κ3) is 5.68. The minimum Gasteiger partial charge on any atom is -0.505 e. The molecular formula is C20H26FNO. The second-order valence-corrected chi connectivity index (χ2v) is 6.11. The summed E-state index contributed by atoms with van der Waals surface area (Å²) in [6.07, 6.45) is 2.94. The number of aryl methyl sites for hydroxylation is 1. The summed E-state index contributed by atoms with van der Waals surface area (Å²) in [5.41, 5.74) is 3.57. The molecule has 0 aliphatic carbocycles. The molecule has 3 heteroatoms. The van der Waals surface area contributed by atoms with E-state index in [0.717, 1.165) is 44.5 Å². The fourth-order valence-corrected chi connectivity index (χ4v) is 2.69. The summed E-state index contributed by atoms with van der Waals surface area (Å²) in [6.45, 7) is 7.25. The molecular weight excluding hydrogens is 289 g/mol. The zero-order valence-electron chi connectivity index (χ0n) is 14.1. The van der Waals surface area contributed by atoms with Gasteiger partial charge in [0.1, 0.15) is 0 Å². The SMILES string of the molecule is CCCN(CCc1ccc(C)cc1)CCc1ccc(O)c(F)c1. The molecule has 0 saturated carbocycles. The molecule has 0 aliphatic rings. The third-order valence-electron chi connectivity index (χ3n) is 4.11. The Labute approximate surface area is 138 Å². The van der Waals surface area contributed by atoms with Crippen LogP contribution in [0.1, 0.15) is 30.0 Å². The number of rotatable bonds is 8. The second-order valence-electron chi connectivity index (χ2n) is 6.11. The predicted octanol–water partition coefficient (Wildman–Crippen LogP) is 4.34. The summed E-state index contributed by atoms with van der Waals surface area (Å²) in [5.74, 6) is -0.817. The van der Waals surface area contributed by atoms with Crippen molar-refractivity contribution in [1.29, 1.82) is 0 Å². The molecule has 2 aromatic rings. The maximum absolute atomic E-state index is 13.4. The topological polar surface area (TPSA) is 23.5 Å². The molecule has 2 nitrogen and oxygen atoms in total. The molecule has 0 amide bonds. The number of nitrogens with zero attached hydrogens (tertiary/aromatic N) is 1. The number of hydrogen-bond acceptors (Lipinski definition) is 2. The molecule has 0 saturated heterocycles. The van der Waals surface area contributed by atoms with E-state index in [9.17, 15) is 9.50 Å². The van der Waals surface area contributed by atoms with Gasteiger partial charge in [-0.3, -0.25) is 0 Å². The number of phenolic OH excluding ortho intramolecular Hbond substituents is 1. The van der Waals surface area contributed by atoms with Crippen molar-refractivity contribution in [2.75, 3.05) is 19.6 Å². The van der Waals surface area contributed by atoms with Gasteiger partial charge in [-0.15, -0.1) is 0 Å². The van der Waals surface area contributed by atoms with Crippen LogP contribution in [0.2, 0.25) is 0 Å². The summed E-state index contributed by atoms with van der Waals surface area (Å²) >= 11 is 0. The fourth-order valence-electron chi connectivity index (χ4n) is 2.69. The molecule has 0 aliphatic heterocycles. The van der Waals surface area contributed by atoms with Gasteiger partial charge < -0.3 is 10.0 Å². The Balaban J connectivity index is 1.87. The maximum atomic E-state index is 13.4. The average Bonchev–Trinajstić information content (AvgIpc) is 2.55. The molecule has 1 N–H and O–H groups in total. The van der Waals surface area contributed by atoms with E-state index in [0.29, 0.717) is 0 Å². The molecule has 0 unspecified atom stereocenters. The summed E-state index contributed by atoms with van der Waals surface area (Å²) in [6, 6.07) is 13.3. The van der Waals surface area contributed by atoms with E-state index < -0.39 is 5.82 Å². The molecule has 0 radical (unpaired) electrons. The van der Waals surface area contributed by atoms with Crippen molar-refractivity contribution in [3.05, 3.63) is 65.0 Å². The van der Waals surface area contributed by atoms with Gasteiger partial charge in [0, 0.05) is 13.1 Å². The van der Waals surface area contributed by atoms with Crippen LogP contribution >= 0.6 is 0 Å². The van der Waals surface area contributed by atoms with Gasteiger partial charge in [0.15, 0.2) is 11.6 Å². The highest BCUT2D eigenvalue weighted by atomic mass is 19.1. The molecule has 0 spiro atoms. The van der Waals surface area contributed by atoms with Gasteiger partial charge in [-0.1, -0.05) is 42.8 Å². The molecule has 0 bridgehead atoms. The van der Waals surface area contributed by atoms with Crippen LogP contribution in [0.5, 0.6) is 5.75 Å². The first-order valence-corrected chi connectivity index (χ1v) is 8.33. The standard InChI is InChI=1S/C20H26FNO/c1-3-12-22(13-10-17-6-4-16(2)5-7-17)14-11-18-8-9-20(23)19(21)15-18/h4-9,15,23H,3,10-14H2,1-2H3. The summed E-state index contributed by atoms with van der Waals surface area (Å²) in [4.78, 5) is 2.42. The molecule has 0 atom stereocenters. The summed E-state index contributed by atoms with van der Waals surface area (Å²) < 4.78 is 13.4. The molecule has 0 fully saturated rings. The lowest BCUT2D eigenvalue weighted by Crippen LogP contribution is -2.29. The van der Waals surface area contributed by atoms with Crippen LogP contribution in [0, 0.1) is 12.7 Å². The van der Waals surface area contributed by atoms with Gasteiger partial charge in [-0.05, 0) is 56.0 Å². The summed E-state index contributed by atoms with van der Waals surface area (Å²) in [5, 5.41) is 9.25. The molecule has 0 heterocycles. The van der Waals surface area contributed by atoms with E-state index in [1.807, 2.05) is 0 Å². The Morgan fingerprint density at radius 1 is 0.913 bits per heavy atom. The summed E-state index contributed by atoms with van der Waals surface area (Å²) in [7, 11) is 0. The van der Waals surface area contributed by atoms with Crippen LogP contribution in [0.15, 0.2) is 42.5 Å². The highest BCUT2D eigenvalue weighted by molar-refractivity contribution is 5.28. The number of hydrogen-bond donors (Lipinski definition) is 1. The van der Waals surface area contributed by atoms with Crippen LogP contribution in [0.25, 0.3) is 0 Å². The molecule has 2 aromatic carbocycles. The molecule has 124 valence electrons. The number of halogens is 1. The lowest BCUT2D eigenvalue weighted by atomic mass is 10.1. The highest BCUT2D eigenvalue weighted by Crippen LogP contribution is 2.16. The molecule has 23 heavy (non-hydrogen) atoms. The first kappa shape index (κ1) is 17.5. The van der Waals surface area contributed by atoms with E-state index in [4.69, 9.17) is 0 Å². The van der Waals surface area contributed by atoms with Crippen LogP contribution in [0.3, 0.4) is 0 Å². The Morgan fingerprint density at radius 2 is 1.52 bits per heavy atom. The van der Waals surface area contributed by atoms with Crippen LogP contribution in [-0.2, 0) is 12.8 Å². The zero-order chi connectivity index (χ0) is 16.7. The van der Waals surface area contributed by atoms with E-state index >= 15 is 0 Å². The minimum atomic E-state index is -0.538. The van der Waals surface area contributed by atoms with E-state index in [2.05, 4.69) is 43.0 Å². The van der Waals surface area contributed by atoms with Crippen LogP contribution < -0.4 is 0 Å². The Kier molecular flexibility index (Phi) is 6.60. The quantitative estimate of drug-likeness (QED) is 0.783. The molecule has 0 aromatic heterocycles. The number of aromatic hydroxyl groups is 1. The number of benzene rings is 2. The van der Waals surface area contributed by atoms with Crippen molar-refractivity contribution in [3.8, 4) is 5.75 Å². The predicted molar refractivity (Wildman–Crippen MR) is 93.4 cm³/mol. The van der Waals surface area contributed by atoms with Crippen molar-refractivity contribution in [2.45, 2.75) is 33.1 Å². The first-order chi connectivity index (χ1) is 11.1. The normalized spacial score (nSPS) is 11.1. The van der Waals surface area contributed by atoms with E-state index in [1.54, 1.807) is 6.07 Å². The highest BCUT2D eigenvalue weighted by Gasteiger charge is 2.07. The lowest BCUT2D eigenvalue weighted by molar-refractivity contribution is 0.281. The maximum Gasteiger partial charge on any atom is 0.165 e. The van der Waals surface area contributed by atoms with Crippen molar-refractivity contribution in [1.82, 2.24) is 4.90 Å². The van der Waals surface area contributed by atoms with Gasteiger partial charge in [-0.2, -0.15) is 0 Å². The van der Waals surface area contributed by atoms with Crippen molar-refractivity contribution in [3.63, 3.8) is 0 Å². The Bertz CT molecular complexity index is 610. The van der Waals surface area contributed by atoms with Gasteiger partial charge in [-0.25, -0.2) is 4.39 Å². The van der Waals surface area contributed by atoms with Crippen LogP contribution in [-0.4, -0.2) is 29.6 Å². The average molecular weight is 315 g/mol. The molecule has 2 rings (SSSR count). The van der Waals surface area contributed by atoms with Crippen molar-refractivity contribution < 1.29 is 9.50 Å². The van der Waals surface area contributed by atoms with Gasteiger partial charge in [0.2, 0.25) is 0 Å². The fraction of sp³-hybridized carbons (Fsp3) is 0.400. The van der Waals surface area contributed by atoms with Crippen molar-refractivity contribution >= 4 is 0 Å². The second kappa shape index (κ2) is 8.68. The number of phenols is 1. The Morgan fingerprint density at radius 3 is 2.13 bits per heavy atom. The largest absolute Gasteiger partial charge is 0.505 e. The lowest BCUT2D eigenvalue weighted by Gasteiger charge is -2.22. The zero-order valence-corrected chi connectivity index (χ0v) is 14.1. The van der Waals surface area contributed by atoms with Crippen molar-refractivity contribution in [2.24, 2.45) is 0 Å².